The van der Waals surface area contributed by atoms with Gasteiger partial charge in [0.1, 0.15) is 0 Å². The van der Waals surface area contributed by atoms with Gasteiger partial charge in [-0.15, -0.1) is 0 Å². The van der Waals surface area contributed by atoms with Gasteiger partial charge >= 0.3 is 5.97 Å². The molecule has 2 aliphatic rings. The molecule has 0 radical (unpaired) electrons. The van der Waals surface area contributed by atoms with Gasteiger partial charge in [-0.3, -0.25) is 9.59 Å². The van der Waals surface area contributed by atoms with Crippen LogP contribution < -0.4 is 10.6 Å². The third-order valence-corrected chi connectivity index (χ3v) is 3.73. The van der Waals surface area contributed by atoms with E-state index < -0.39 is 0 Å². The molecule has 0 aromatic heterocycles. The first kappa shape index (κ1) is 12.4. The van der Waals surface area contributed by atoms with Crippen LogP contribution in [0, 0.1) is 5.92 Å². The number of hydrogen-bond donors (Lipinski definition) is 2. The first-order valence-corrected chi connectivity index (χ1v) is 6.31. The minimum Gasteiger partial charge on any atom is -0.469 e. The number of carbonyl (C=O) groups excluding carboxylic acids is 2. The summed E-state index contributed by atoms with van der Waals surface area (Å²) in [6.07, 6.45) is 4.69. The van der Waals surface area contributed by atoms with Gasteiger partial charge in [-0.05, 0) is 12.8 Å². The number of ether oxygens (including phenoxy) is 1. The molecule has 2 N–H and O–H groups in total. The van der Waals surface area contributed by atoms with Gasteiger partial charge in [-0.25, -0.2) is 0 Å². The topological polar surface area (TPSA) is 67.4 Å². The molecule has 1 saturated carbocycles. The molecule has 1 amide bonds. The van der Waals surface area contributed by atoms with E-state index in [1.807, 2.05) is 0 Å². The standard InChI is InChI=1S/C12H20N2O3/c1-17-11(15)6-8-7-13-9-4-2-3-5-10(9)14-12(8)16/h8-10,13H,2-7H2,1H3,(H,14,16)/t8-,9-,10+/m1/s1. The van der Waals surface area contributed by atoms with Crippen LogP contribution in [0.3, 0.4) is 0 Å². The third-order valence-electron chi connectivity index (χ3n) is 3.73. The number of nitrogens with one attached hydrogen (secondary N) is 2. The van der Waals surface area contributed by atoms with Gasteiger partial charge in [0.25, 0.3) is 0 Å². The first-order valence-electron chi connectivity index (χ1n) is 6.31. The summed E-state index contributed by atoms with van der Waals surface area (Å²) in [7, 11) is 1.35. The van der Waals surface area contributed by atoms with Crippen LogP contribution in [-0.2, 0) is 14.3 Å². The second-order valence-corrected chi connectivity index (χ2v) is 4.89. The van der Waals surface area contributed by atoms with Crippen LogP contribution in [0.15, 0.2) is 0 Å². The summed E-state index contributed by atoms with van der Waals surface area (Å²) in [5, 5.41) is 6.45. The van der Waals surface area contributed by atoms with E-state index in [0.29, 0.717) is 12.6 Å². The van der Waals surface area contributed by atoms with Gasteiger partial charge in [0.05, 0.1) is 19.4 Å². The van der Waals surface area contributed by atoms with Gasteiger partial charge in [0.2, 0.25) is 5.91 Å². The Morgan fingerprint density at radius 1 is 1.35 bits per heavy atom. The molecule has 5 nitrogen and oxygen atoms in total. The highest BCUT2D eigenvalue weighted by molar-refractivity contribution is 5.84. The molecule has 0 aromatic rings. The highest BCUT2D eigenvalue weighted by Crippen LogP contribution is 2.21. The molecule has 2 rings (SSSR count). The lowest BCUT2D eigenvalue weighted by Gasteiger charge is -2.30. The predicted octanol–water partition coefficient (Wildman–Crippen LogP) is 0.196. The Balaban J connectivity index is 1.97. The zero-order valence-corrected chi connectivity index (χ0v) is 10.2. The van der Waals surface area contributed by atoms with Crippen LogP contribution in [0.5, 0.6) is 0 Å². The summed E-state index contributed by atoms with van der Waals surface area (Å²) in [6, 6.07) is 0.606. The summed E-state index contributed by atoms with van der Waals surface area (Å²) in [4.78, 5) is 23.2. The Hall–Kier alpha value is -1.10. The SMILES string of the molecule is COC(=O)C[C@@H]1CN[C@@H]2CCCC[C@@H]2NC1=O. The fraction of sp³-hybridized carbons (Fsp3) is 0.833. The second-order valence-electron chi connectivity index (χ2n) is 4.89. The third kappa shape index (κ3) is 2.97. The molecule has 0 unspecified atom stereocenters. The average Bonchev–Trinajstić information content (AvgIpc) is 2.49. The fourth-order valence-corrected chi connectivity index (χ4v) is 2.68. The summed E-state index contributed by atoms with van der Waals surface area (Å²) in [5.74, 6) is -0.637. The van der Waals surface area contributed by atoms with Crippen molar-refractivity contribution >= 4 is 11.9 Å². The smallest absolute Gasteiger partial charge is 0.306 e. The normalized spacial score (nSPS) is 33.2. The molecule has 5 heteroatoms. The molecule has 0 aromatic carbocycles. The number of hydrogen-bond acceptors (Lipinski definition) is 4. The molecular weight excluding hydrogens is 220 g/mol. The van der Waals surface area contributed by atoms with Gasteiger partial charge in [-0.1, -0.05) is 12.8 Å². The Bertz CT molecular complexity index is 306. The van der Waals surface area contributed by atoms with E-state index in [2.05, 4.69) is 15.4 Å². The first-order chi connectivity index (χ1) is 8.20. The monoisotopic (exact) mass is 240 g/mol. The highest BCUT2D eigenvalue weighted by atomic mass is 16.5. The summed E-state index contributed by atoms with van der Waals surface area (Å²) < 4.78 is 4.61. The second kappa shape index (κ2) is 5.49. The highest BCUT2D eigenvalue weighted by Gasteiger charge is 2.33. The van der Waals surface area contributed by atoms with Gasteiger partial charge in [0.15, 0.2) is 0 Å². The van der Waals surface area contributed by atoms with Crippen molar-refractivity contribution < 1.29 is 14.3 Å². The Kier molecular flexibility index (Phi) is 3.99. The van der Waals surface area contributed by atoms with Crippen molar-refractivity contribution in [3.8, 4) is 0 Å². The summed E-state index contributed by atoms with van der Waals surface area (Å²) in [5.41, 5.74) is 0. The Morgan fingerprint density at radius 3 is 2.76 bits per heavy atom. The lowest BCUT2D eigenvalue weighted by atomic mass is 9.91. The van der Waals surface area contributed by atoms with Crippen LogP contribution >= 0.6 is 0 Å². The van der Waals surface area contributed by atoms with Crippen molar-refractivity contribution in [1.82, 2.24) is 10.6 Å². The number of rotatable bonds is 2. The number of esters is 1. The molecule has 2 fully saturated rings. The molecule has 1 aliphatic heterocycles. The maximum Gasteiger partial charge on any atom is 0.306 e. The van der Waals surface area contributed by atoms with E-state index in [0.717, 1.165) is 12.8 Å². The van der Waals surface area contributed by atoms with Crippen LogP contribution in [0.1, 0.15) is 32.1 Å². The van der Waals surface area contributed by atoms with Crippen molar-refractivity contribution in [3.05, 3.63) is 0 Å². The van der Waals surface area contributed by atoms with Crippen LogP contribution in [0.2, 0.25) is 0 Å². The maximum atomic E-state index is 12.0. The maximum absolute atomic E-state index is 12.0. The number of carbonyl (C=O) groups is 2. The van der Waals surface area contributed by atoms with Crippen molar-refractivity contribution in [1.29, 1.82) is 0 Å². The van der Waals surface area contributed by atoms with E-state index in [-0.39, 0.29) is 30.3 Å². The zero-order valence-electron chi connectivity index (χ0n) is 10.2. The lowest BCUT2D eigenvalue weighted by molar-refractivity contribution is -0.144. The molecule has 0 bridgehead atoms. The average molecular weight is 240 g/mol. The Morgan fingerprint density at radius 2 is 2.06 bits per heavy atom. The van der Waals surface area contributed by atoms with Gasteiger partial charge in [-0.2, -0.15) is 0 Å². The van der Waals surface area contributed by atoms with E-state index in [1.54, 1.807) is 0 Å². The van der Waals surface area contributed by atoms with E-state index in [1.165, 1.54) is 20.0 Å². The minimum absolute atomic E-state index is 0.0164. The van der Waals surface area contributed by atoms with Gasteiger partial charge in [0, 0.05) is 18.6 Å². The van der Waals surface area contributed by atoms with Crippen LogP contribution in [-0.4, -0.2) is 37.6 Å². The van der Waals surface area contributed by atoms with Crippen molar-refractivity contribution in [2.24, 2.45) is 5.92 Å². The van der Waals surface area contributed by atoms with E-state index in [9.17, 15) is 9.59 Å². The molecule has 1 saturated heterocycles. The molecule has 1 aliphatic carbocycles. The fourth-order valence-electron chi connectivity index (χ4n) is 2.68. The molecule has 17 heavy (non-hydrogen) atoms. The summed E-state index contributed by atoms with van der Waals surface area (Å²) in [6.45, 7) is 0.572. The molecule has 3 atom stereocenters. The Labute approximate surface area is 101 Å². The zero-order chi connectivity index (χ0) is 12.3. The lowest BCUT2D eigenvalue weighted by Crippen LogP contribution is -2.48. The van der Waals surface area contributed by atoms with Crippen molar-refractivity contribution in [3.63, 3.8) is 0 Å². The van der Waals surface area contributed by atoms with E-state index >= 15 is 0 Å². The van der Waals surface area contributed by atoms with Crippen LogP contribution in [0.4, 0.5) is 0 Å². The van der Waals surface area contributed by atoms with Gasteiger partial charge < -0.3 is 15.4 Å². The molecule has 1 heterocycles. The van der Waals surface area contributed by atoms with Crippen LogP contribution in [0.25, 0.3) is 0 Å². The molecule has 0 spiro atoms. The number of methoxy groups -OCH3 is 1. The predicted molar refractivity (Wildman–Crippen MR) is 62.3 cm³/mol. The largest absolute Gasteiger partial charge is 0.469 e. The number of fused-ring (bicyclic) bond motifs is 1. The quantitative estimate of drug-likeness (QED) is 0.676. The van der Waals surface area contributed by atoms with Crippen molar-refractivity contribution in [2.75, 3.05) is 13.7 Å². The van der Waals surface area contributed by atoms with Crippen molar-refractivity contribution in [2.45, 2.75) is 44.2 Å². The summed E-state index contributed by atoms with van der Waals surface area (Å²) >= 11 is 0. The van der Waals surface area contributed by atoms with E-state index in [4.69, 9.17) is 0 Å². The minimum atomic E-state index is -0.322. The molecular formula is C12H20N2O3. The number of amides is 1. The molecule has 96 valence electrons.